The summed E-state index contributed by atoms with van der Waals surface area (Å²) in [6, 6.07) is 1.77. The number of nitrogens with two attached hydrogens (primary N) is 1. The number of anilines is 1. The third-order valence-corrected chi connectivity index (χ3v) is 6.18. The summed E-state index contributed by atoms with van der Waals surface area (Å²) in [6.07, 6.45) is 5.33. The average Bonchev–Trinajstić information content (AvgIpc) is 3.05. The average molecular weight is 436 g/mol. The Morgan fingerprint density at radius 3 is 2.77 bits per heavy atom. The summed E-state index contributed by atoms with van der Waals surface area (Å²) in [5.74, 6) is 0.820. The van der Waals surface area contributed by atoms with E-state index in [1.807, 2.05) is 10.7 Å². The number of piperidine rings is 1. The maximum atomic E-state index is 11.6. The fourth-order valence-corrected chi connectivity index (χ4v) is 4.99. The molecule has 2 fully saturated rings. The van der Waals surface area contributed by atoms with Gasteiger partial charge in [-0.15, -0.1) is 0 Å². The molecule has 2 aromatic heterocycles. The molecule has 2 saturated heterocycles. The van der Waals surface area contributed by atoms with E-state index in [4.69, 9.17) is 31.9 Å². The molecule has 2 aromatic rings. The largest absolute Gasteiger partial charge is 0.444 e. The number of halogens is 1. The van der Waals surface area contributed by atoms with Crippen LogP contribution in [-0.4, -0.2) is 46.2 Å². The van der Waals surface area contributed by atoms with Crippen molar-refractivity contribution in [2.24, 2.45) is 11.1 Å². The molecule has 4 rings (SSSR count). The summed E-state index contributed by atoms with van der Waals surface area (Å²) in [7, 11) is 0. The molecule has 3 unspecified atom stereocenters. The molecule has 8 nitrogen and oxygen atoms in total. The quantitative estimate of drug-likeness (QED) is 0.723. The summed E-state index contributed by atoms with van der Waals surface area (Å²) in [5.41, 5.74) is 6.12. The molecule has 0 aromatic carbocycles. The summed E-state index contributed by atoms with van der Waals surface area (Å²) >= 11 is 6.23. The first-order chi connectivity index (χ1) is 14.3. The molecule has 0 spiro atoms. The predicted octanol–water partition coefficient (Wildman–Crippen LogP) is 4.26. The van der Waals surface area contributed by atoms with Gasteiger partial charge >= 0.3 is 6.09 Å². The first kappa shape index (κ1) is 21.2. The molecule has 0 aliphatic carbocycles. The summed E-state index contributed by atoms with van der Waals surface area (Å²) in [6.45, 7) is 7.97. The zero-order valence-electron chi connectivity index (χ0n) is 17.8. The first-order valence-corrected chi connectivity index (χ1v) is 11.0. The Hall–Kier alpha value is -2.06. The molecule has 0 bridgehead atoms. The van der Waals surface area contributed by atoms with E-state index in [1.54, 1.807) is 6.20 Å². The Morgan fingerprint density at radius 2 is 2.10 bits per heavy atom. The minimum atomic E-state index is -0.740. The Balaban J connectivity index is 1.81. The number of rotatable bonds is 3. The highest BCUT2D eigenvalue weighted by Gasteiger charge is 2.43. The summed E-state index contributed by atoms with van der Waals surface area (Å²) in [5, 5.41) is 6.34. The van der Waals surface area contributed by atoms with Crippen LogP contribution in [-0.2, 0) is 9.47 Å². The van der Waals surface area contributed by atoms with Crippen LogP contribution in [0.25, 0.3) is 10.9 Å². The number of pyridine rings is 1. The molecule has 9 heteroatoms. The van der Waals surface area contributed by atoms with Gasteiger partial charge in [-0.2, -0.15) is 5.10 Å². The monoisotopic (exact) mass is 435 g/mol. The highest BCUT2D eigenvalue weighted by atomic mass is 35.5. The molecular formula is C21H30ClN5O3. The van der Waals surface area contributed by atoms with Gasteiger partial charge in [-0.1, -0.05) is 32.4 Å². The molecule has 0 saturated carbocycles. The Kier molecular flexibility index (Phi) is 5.81. The molecule has 0 radical (unpaired) electrons. The Morgan fingerprint density at radius 1 is 1.30 bits per heavy atom. The van der Waals surface area contributed by atoms with Gasteiger partial charge < -0.3 is 20.1 Å². The third kappa shape index (κ3) is 4.07. The van der Waals surface area contributed by atoms with Crippen molar-refractivity contribution in [3.8, 4) is 0 Å². The van der Waals surface area contributed by atoms with Gasteiger partial charge in [0.05, 0.1) is 16.9 Å². The lowest BCUT2D eigenvalue weighted by Gasteiger charge is -2.47. The lowest BCUT2D eigenvalue weighted by Crippen LogP contribution is -2.57. The summed E-state index contributed by atoms with van der Waals surface area (Å²) < 4.78 is 13.5. The van der Waals surface area contributed by atoms with Crippen LogP contribution in [0.2, 0.25) is 5.15 Å². The van der Waals surface area contributed by atoms with E-state index < -0.39 is 6.09 Å². The number of primary amides is 1. The van der Waals surface area contributed by atoms with Gasteiger partial charge in [-0.25, -0.2) is 14.5 Å². The van der Waals surface area contributed by atoms with E-state index in [0.29, 0.717) is 5.15 Å². The maximum Gasteiger partial charge on any atom is 0.404 e. The molecule has 2 N–H and O–H groups in total. The number of hydrogen-bond acceptors (Lipinski definition) is 6. The van der Waals surface area contributed by atoms with Crippen molar-refractivity contribution < 1.29 is 14.3 Å². The molecule has 1 amide bonds. The van der Waals surface area contributed by atoms with E-state index in [-0.39, 0.29) is 23.8 Å². The normalized spacial score (nSPS) is 25.5. The number of nitrogens with zero attached hydrogens (tertiary/aromatic N) is 4. The zero-order chi connectivity index (χ0) is 21.5. The molecule has 4 heterocycles. The highest BCUT2D eigenvalue weighted by molar-refractivity contribution is 6.30. The van der Waals surface area contributed by atoms with E-state index in [2.05, 4.69) is 30.7 Å². The molecule has 3 atom stereocenters. The van der Waals surface area contributed by atoms with Gasteiger partial charge in [-0.05, 0) is 37.5 Å². The van der Waals surface area contributed by atoms with E-state index in [9.17, 15) is 4.79 Å². The fourth-order valence-electron chi connectivity index (χ4n) is 4.84. The number of carbonyl (C=O) groups is 1. The van der Waals surface area contributed by atoms with Gasteiger partial charge in [-0.3, -0.25) is 0 Å². The third-order valence-electron chi connectivity index (χ3n) is 5.97. The Bertz CT molecular complexity index is 919. The van der Waals surface area contributed by atoms with E-state index in [1.165, 1.54) is 0 Å². The second-order valence-electron chi connectivity index (χ2n) is 9.24. The lowest BCUT2D eigenvalue weighted by molar-refractivity contribution is -0.0366. The van der Waals surface area contributed by atoms with E-state index in [0.717, 1.165) is 62.0 Å². The van der Waals surface area contributed by atoms with Crippen LogP contribution in [0.3, 0.4) is 0 Å². The van der Waals surface area contributed by atoms with Gasteiger partial charge in [0.15, 0.2) is 12.0 Å². The zero-order valence-corrected chi connectivity index (χ0v) is 18.6. The minimum absolute atomic E-state index is 0.0757. The van der Waals surface area contributed by atoms with Crippen molar-refractivity contribution in [1.82, 2.24) is 14.8 Å². The number of fused-ring (bicyclic) bond motifs is 1. The van der Waals surface area contributed by atoms with Crippen LogP contribution < -0.4 is 10.6 Å². The predicted molar refractivity (Wildman–Crippen MR) is 116 cm³/mol. The number of hydrogen-bond donors (Lipinski definition) is 1. The van der Waals surface area contributed by atoms with Crippen molar-refractivity contribution in [2.75, 3.05) is 18.1 Å². The smallest absolute Gasteiger partial charge is 0.404 e. The van der Waals surface area contributed by atoms with Crippen LogP contribution in [0.15, 0.2) is 12.3 Å². The van der Waals surface area contributed by atoms with Gasteiger partial charge in [0, 0.05) is 25.4 Å². The van der Waals surface area contributed by atoms with Crippen LogP contribution in [0.5, 0.6) is 0 Å². The first-order valence-electron chi connectivity index (χ1n) is 10.6. The SMILES string of the molecule is CC(C)(C)C1C(OC(N)=O)CCCN1c1nn(C2CCCCO2)c2cc(Cl)ncc12. The van der Waals surface area contributed by atoms with E-state index >= 15 is 0 Å². The Labute approximate surface area is 181 Å². The molecular weight excluding hydrogens is 406 g/mol. The van der Waals surface area contributed by atoms with Gasteiger partial charge in [0.25, 0.3) is 0 Å². The minimum Gasteiger partial charge on any atom is -0.444 e. The van der Waals surface area contributed by atoms with Crippen molar-refractivity contribution in [3.63, 3.8) is 0 Å². The van der Waals surface area contributed by atoms with Gasteiger partial charge in [0.1, 0.15) is 11.3 Å². The van der Waals surface area contributed by atoms with Crippen LogP contribution in [0.1, 0.15) is 59.1 Å². The molecule has 2 aliphatic rings. The van der Waals surface area contributed by atoms with Crippen LogP contribution in [0, 0.1) is 5.41 Å². The highest BCUT2D eigenvalue weighted by Crippen LogP contribution is 2.40. The molecule has 2 aliphatic heterocycles. The number of ether oxygens (including phenoxy) is 2. The standard InChI is InChI=1S/C21H30ClN5O3/c1-21(2,3)18-15(30-20(23)28)7-6-9-26(18)19-13-12-24-16(22)11-14(13)27(25-19)17-8-4-5-10-29-17/h11-12,15,17-18H,4-10H2,1-3H3,(H2,23,28). The maximum absolute atomic E-state index is 11.6. The van der Waals surface area contributed by atoms with Crippen LogP contribution in [0.4, 0.5) is 10.6 Å². The van der Waals surface area contributed by atoms with Crippen molar-refractivity contribution in [3.05, 3.63) is 17.4 Å². The molecule has 164 valence electrons. The number of aromatic nitrogens is 3. The summed E-state index contributed by atoms with van der Waals surface area (Å²) in [4.78, 5) is 18.1. The fraction of sp³-hybridized carbons (Fsp3) is 0.667. The lowest BCUT2D eigenvalue weighted by atomic mass is 9.78. The topological polar surface area (TPSA) is 95.5 Å². The molecule has 30 heavy (non-hydrogen) atoms. The van der Waals surface area contributed by atoms with Crippen LogP contribution >= 0.6 is 11.6 Å². The van der Waals surface area contributed by atoms with Crippen molar-refractivity contribution in [2.45, 2.75) is 71.2 Å². The second kappa shape index (κ2) is 8.23. The second-order valence-corrected chi connectivity index (χ2v) is 9.62. The number of amides is 1. The van der Waals surface area contributed by atoms with Gasteiger partial charge in [0.2, 0.25) is 0 Å². The number of carbonyl (C=O) groups excluding carboxylic acids is 1. The van der Waals surface area contributed by atoms with Crippen molar-refractivity contribution in [1.29, 1.82) is 0 Å². The van der Waals surface area contributed by atoms with Crippen molar-refractivity contribution >= 4 is 34.4 Å².